The second-order valence-corrected chi connectivity index (χ2v) is 6.19. The van der Waals surface area contributed by atoms with Crippen LogP contribution >= 0.6 is 0 Å². The van der Waals surface area contributed by atoms with E-state index in [1.165, 1.54) is 10.7 Å². The predicted molar refractivity (Wildman–Crippen MR) is 106 cm³/mol. The average molecular weight is 390 g/mol. The van der Waals surface area contributed by atoms with Gasteiger partial charge in [-0.05, 0) is 42.5 Å². The van der Waals surface area contributed by atoms with Crippen LogP contribution in [-0.2, 0) is 6.54 Å². The van der Waals surface area contributed by atoms with E-state index in [0.29, 0.717) is 17.3 Å². The molecule has 0 saturated heterocycles. The number of benzene rings is 2. The fraction of sp³-hybridized carbons (Fsp3) is 0.143. The zero-order chi connectivity index (χ0) is 20.2. The lowest BCUT2D eigenvalue weighted by atomic mass is 10.1. The van der Waals surface area contributed by atoms with E-state index in [4.69, 9.17) is 14.0 Å². The Hall–Kier alpha value is -3.94. The summed E-state index contributed by atoms with van der Waals surface area (Å²) in [6.07, 6.45) is 0. The molecule has 0 radical (unpaired) electrons. The first-order chi connectivity index (χ1) is 14.2. The number of methoxy groups -OCH3 is 2. The molecule has 0 aliphatic carbocycles. The molecule has 2 heterocycles. The van der Waals surface area contributed by atoms with Crippen LogP contribution in [0.1, 0.15) is 5.89 Å². The molecule has 0 amide bonds. The topological polar surface area (TPSA) is 92.3 Å². The first kappa shape index (κ1) is 18.4. The lowest BCUT2D eigenvalue weighted by molar-refractivity contribution is 0.363. The average Bonchev–Trinajstić information content (AvgIpc) is 3.24. The molecular formula is C21H18N4O4. The minimum atomic E-state index is -0.263. The van der Waals surface area contributed by atoms with Gasteiger partial charge in [0.25, 0.3) is 5.56 Å². The van der Waals surface area contributed by atoms with Gasteiger partial charge in [-0.1, -0.05) is 17.3 Å². The Labute approximate surface area is 166 Å². The van der Waals surface area contributed by atoms with E-state index in [1.54, 1.807) is 20.3 Å². The quantitative estimate of drug-likeness (QED) is 0.500. The van der Waals surface area contributed by atoms with Crippen molar-refractivity contribution in [1.82, 2.24) is 19.9 Å². The van der Waals surface area contributed by atoms with Gasteiger partial charge in [0.1, 0.15) is 18.0 Å². The van der Waals surface area contributed by atoms with Gasteiger partial charge in [-0.3, -0.25) is 4.79 Å². The van der Waals surface area contributed by atoms with Crippen molar-refractivity contribution in [3.05, 3.63) is 76.9 Å². The van der Waals surface area contributed by atoms with E-state index >= 15 is 0 Å². The third-order valence-corrected chi connectivity index (χ3v) is 4.33. The summed E-state index contributed by atoms with van der Waals surface area (Å²) in [6.45, 7) is 0.0692. The lowest BCUT2D eigenvalue weighted by Gasteiger charge is -2.06. The lowest BCUT2D eigenvalue weighted by Crippen LogP contribution is -2.23. The molecule has 0 N–H and O–H groups in total. The van der Waals surface area contributed by atoms with Crippen LogP contribution in [0.15, 0.2) is 70.0 Å². The monoisotopic (exact) mass is 390 g/mol. The van der Waals surface area contributed by atoms with Gasteiger partial charge in [-0.15, -0.1) is 0 Å². The van der Waals surface area contributed by atoms with Crippen molar-refractivity contribution in [3.63, 3.8) is 0 Å². The fourth-order valence-corrected chi connectivity index (χ4v) is 2.80. The van der Waals surface area contributed by atoms with Crippen LogP contribution in [0.2, 0.25) is 0 Å². The van der Waals surface area contributed by atoms with Crippen molar-refractivity contribution >= 4 is 0 Å². The van der Waals surface area contributed by atoms with Gasteiger partial charge in [0.15, 0.2) is 0 Å². The van der Waals surface area contributed by atoms with Gasteiger partial charge >= 0.3 is 0 Å². The molecular weight excluding hydrogens is 372 g/mol. The standard InChI is InChI=1S/C21H18N4O4/c1-27-16-8-6-14(7-9-16)21-22-19(29-24-21)13-25-20(26)11-10-18(23-25)15-4-3-5-17(12-15)28-2/h3-12H,13H2,1-2H3. The Morgan fingerprint density at radius 1 is 0.931 bits per heavy atom. The van der Waals surface area contributed by atoms with E-state index in [1.807, 2.05) is 48.5 Å². The molecule has 8 nitrogen and oxygen atoms in total. The molecule has 2 aromatic carbocycles. The fourth-order valence-electron chi connectivity index (χ4n) is 2.80. The Morgan fingerprint density at radius 2 is 1.72 bits per heavy atom. The molecule has 0 bridgehead atoms. The highest BCUT2D eigenvalue weighted by molar-refractivity contribution is 5.60. The van der Waals surface area contributed by atoms with E-state index < -0.39 is 0 Å². The smallest absolute Gasteiger partial charge is 0.267 e. The summed E-state index contributed by atoms with van der Waals surface area (Å²) in [5, 5.41) is 8.41. The maximum Gasteiger partial charge on any atom is 0.267 e. The Balaban J connectivity index is 1.59. The predicted octanol–water partition coefficient (Wildman–Crippen LogP) is 3.03. The molecule has 0 aliphatic heterocycles. The van der Waals surface area contributed by atoms with Gasteiger partial charge in [0.2, 0.25) is 11.7 Å². The van der Waals surface area contributed by atoms with Crippen molar-refractivity contribution in [1.29, 1.82) is 0 Å². The molecule has 4 aromatic rings. The van der Waals surface area contributed by atoms with Crippen LogP contribution in [0.3, 0.4) is 0 Å². The van der Waals surface area contributed by atoms with Crippen molar-refractivity contribution in [2.75, 3.05) is 14.2 Å². The molecule has 8 heteroatoms. The summed E-state index contributed by atoms with van der Waals surface area (Å²) in [5.74, 6) is 2.17. The molecule has 0 spiro atoms. The second kappa shape index (κ2) is 7.97. The van der Waals surface area contributed by atoms with Crippen LogP contribution in [0.5, 0.6) is 11.5 Å². The maximum absolute atomic E-state index is 12.2. The molecule has 0 aliphatic rings. The summed E-state index contributed by atoms with van der Waals surface area (Å²) in [4.78, 5) is 16.6. The number of aromatic nitrogens is 4. The molecule has 0 saturated carbocycles. The summed E-state index contributed by atoms with van der Waals surface area (Å²) >= 11 is 0. The summed E-state index contributed by atoms with van der Waals surface area (Å²) in [7, 11) is 3.20. The van der Waals surface area contributed by atoms with Gasteiger partial charge in [-0.2, -0.15) is 10.1 Å². The SMILES string of the molecule is COc1ccc(-c2noc(Cn3nc(-c4cccc(OC)c4)ccc3=O)n2)cc1. The van der Waals surface area contributed by atoms with Crippen LogP contribution in [0.25, 0.3) is 22.6 Å². The summed E-state index contributed by atoms with van der Waals surface area (Å²) in [6, 6.07) is 17.9. The highest BCUT2D eigenvalue weighted by Crippen LogP contribution is 2.22. The van der Waals surface area contributed by atoms with E-state index in [9.17, 15) is 4.79 Å². The van der Waals surface area contributed by atoms with Gasteiger partial charge in [0.05, 0.1) is 19.9 Å². The molecule has 29 heavy (non-hydrogen) atoms. The first-order valence-corrected chi connectivity index (χ1v) is 8.86. The minimum Gasteiger partial charge on any atom is -0.497 e. The highest BCUT2D eigenvalue weighted by Gasteiger charge is 2.12. The Kier molecular flexibility index (Phi) is 5.07. The minimum absolute atomic E-state index is 0.0692. The van der Waals surface area contributed by atoms with Gasteiger partial charge < -0.3 is 14.0 Å². The number of ether oxygens (including phenoxy) is 2. The molecule has 0 unspecified atom stereocenters. The summed E-state index contributed by atoms with van der Waals surface area (Å²) < 4.78 is 17.0. The Morgan fingerprint density at radius 3 is 2.48 bits per heavy atom. The Bertz CT molecular complexity index is 1180. The number of rotatable bonds is 6. The van der Waals surface area contributed by atoms with Crippen molar-refractivity contribution in [2.45, 2.75) is 6.54 Å². The van der Waals surface area contributed by atoms with Gasteiger partial charge in [0, 0.05) is 17.2 Å². The van der Waals surface area contributed by atoms with Crippen molar-refractivity contribution < 1.29 is 14.0 Å². The number of hydrogen-bond acceptors (Lipinski definition) is 7. The third-order valence-electron chi connectivity index (χ3n) is 4.33. The molecule has 0 fully saturated rings. The first-order valence-electron chi connectivity index (χ1n) is 8.86. The highest BCUT2D eigenvalue weighted by atomic mass is 16.5. The zero-order valence-corrected chi connectivity index (χ0v) is 15.9. The summed E-state index contributed by atoms with van der Waals surface area (Å²) in [5.41, 5.74) is 1.99. The zero-order valence-electron chi connectivity index (χ0n) is 15.9. The number of hydrogen-bond donors (Lipinski definition) is 0. The van der Waals surface area contributed by atoms with E-state index in [0.717, 1.165) is 16.9 Å². The molecule has 0 atom stereocenters. The van der Waals surface area contributed by atoms with Gasteiger partial charge in [-0.25, -0.2) is 4.68 Å². The molecule has 4 rings (SSSR count). The van der Waals surface area contributed by atoms with Crippen LogP contribution in [0.4, 0.5) is 0 Å². The van der Waals surface area contributed by atoms with E-state index in [-0.39, 0.29) is 18.0 Å². The largest absolute Gasteiger partial charge is 0.497 e. The third kappa shape index (κ3) is 4.01. The second-order valence-electron chi connectivity index (χ2n) is 6.19. The van der Waals surface area contributed by atoms with E-state index in [2.05, 4.69) is 15.2 Å². The van der Waals surface area contributed by atoms with Crippen LogP contribution in [-0.4, -0.2) is 34.1 Å². The van der Waals surface area contributed by atoms with Crippen molar-refractivity contribution in [2.24, 2.45) is 0 Å². The molecule has 2 aromatic heterocycles. The normalized spacial score (nSPS) is 10.7. The maximum atomic E-state index is 12.2. The van der Waals surface area contributed by atoms with Crippen LogP contribution in [0, 0.1) is 0 Å². The number of nitrogens with zero attached hydrogens (tertiary/aromatic N) is 4. The molecule has 146 valence electrons. The van der Waals surface area contributed by atoms with Crippen molar-refractivity contribution in [3.8, 4) is 34.1 Å². The van der Waals surface area contributed by atoms with Crippen LogP contribution < -0.4 is 15.0 Å².